The molecule has 0 saturated heterocycles. The first-order valence-corrected chi connectivity index (χ1v) is 4.58. The molecule has 0 bridgehead atoms. The zero-order valence-electron chi connectivity index (χ0n) is 8.04. The van der Waals surface area contributed by atoms with E-state index in [9.17, 15) is 14.7 Å². The Morgan fingerprint density at radius 3 is 2.08 bits per heavy atom. The number of carboxylic acid groups (broad SMARTS) is 1. The van der Waals surface area contributed by atoms with Crippen LogP contribution in [0.25, 0.3) is 0 Å². The maximum atomic E-state index is 10.4. The van der Waals surface area contributed by atoms with Crippen LogP contribution in [0.5, 0.6) is 0 Å². The van der Waals surface area contributed by atoms with Crippen molar-refractivity contribution in [2.45, 2.75) is 33.1 Å². The minimum absolute atomic E-state index is 0.252. The van der Waals surface area contributed by atoms with Crippen LogP contribution in [-0.4, -0.2) is 35.0 Å². The molecule has 13 heavy (non-hydrogen) atoms. The number of hydrogen-bond donors (Lipinski definition) is 0. The van der Waals surface area contributed by atoms with Crippen molar-refractivity contribution in [3.63, 3.8) is 0 Å². The van der Waals surface area contributed by atoms with Gasteiger partial charge in [0.25, 0.3) is 0 Å². The van der Waals surface area contributed by atoms with Crippen LogP contribution in [0.4, 0.5) is 0 Å². The second-order valence-corrected chi connectivity index (χ2v) is 2.63. The summed E-state index contributed by atoms with van der Waals surface area (Å²) < 4.78 is 4.46. The van der Waals surface area contributed by atoms with Crippen LogP contribution in [0, 0.1) is 0 Å². The Hall–Kier alpha value is -0.368. The number of rotatable bonds is 5. The first kappa shape index (κ1) is 15.1. The molecular formula is C8H14AlO4. The summed E-state index contributed by atoms with van der Waals surface area (Å²) in [4.78, 5) is 20.2. The van der Waals surface area contributed by atoms with Crippen molar-refractivity contribution in [2.75, 3.05) is 6.61 Å². The zero-order valence-corrected chi connectivity index (χ0v) is 9.19. The third-order valence-electron chi connectivity index (χ3n) is 1.04. The van der Waals surface area contributed by atoms with Gasteiger partial charge in [-0.05, 0) is 6.42 Å². The summed E-state index contributed by atoms with van der Waals surface area (Å²) in [6.45, 7) is 4.55. The summed E-state index contributed by atoms with van der Waals surface area (Å²) >= 11 is 2.16. The summed E-state index contributed by atoms with van der Waals surface area (Å²) in [5.74, 6) is -1.54. The molecule has 0 amide bonds. The average molecular weight is 201 g/mol. The molecule has 0 aliphatic carbocycles. The Labute approximate surface area is 87.0 Å². The fraction of sp³-hybridized carbons (Fsp3) is 0.750. The number of carbonyl (C=O) groups is 2. The Morgan fingerprint density at radius 1 is 1.38 bits per heavy atom. The van der Waals surface area contributed by atoms with Gasteiger partial charge in [0, 0.05) is 18.8 Å². The molecule has 0 fully saturated rings. The van der Waals surface area contributed by atoms with Gasteiger partial charge >= 0.3 is 33.9 Å². The third kappa shape index (κ3) is 18.5. The van der Waals surface area contributed by atoms with Gasteiger partial charge in [-0.25, -0.2) is 0 Å². The molecule has 1 radical (unpaired) electrons. The van der Waals surface area contributed by atoms with Crippen molar-refractivity contribution in [1.82, 2.24) is 0 Å². The molecule has 0 rings (SSSR count). The number of carbonyl (C=O) groups excluding carboxylic acids is 2. The van der Waals surface area contributed by atoms with Gasteiger partial charge in [-0.3, -0.25) is 4.79 Å². The number of carboxylic acids is 1. The van der Waals surface area contributed by atoms with Gasteiger partial charge in [0.05, 0.1) is 0 Å². The molecule has 0 atom stereocenters. The average Bonchev–Trinajstić information content (AvgIpc) is 2.04. The predicted molar refractivity (Wildman–Crippen MR) is 46.9 cm³/mol. The van der Waals surface area contributed by atoms with E-state index in [1.165, 1.54) is 0 Å². The Kier molecular flexibility index (Phi) is 13.5. The quantitative estimate of drug-likeness (QED) is 0.448. The van der Waals surface area contributed by atoms with E-state index in [0.29, 0.717) is 12.8 Å². The van der Waals surface area contributed by atoms with E-state index in [0.717, 1.165) is 6.61 Å². The van der Waals surface area contributed by atoms with E-state index in [-0.39, 0.29) is 5.78 Å². The minimum atomic E-state index is -1.28. The Bertz CT molecular complexity index is 145. The Morgan fingerprint density at radius 2 is 1.85 bits per heavy atom. The molecule has 0 aliphatic heterocycles. The molecule has 0 aliphatic rings. The van der Waals surface area contributed by atoms with Crippen molar-refractivity contribution >= 4 is 28.4 Å². The monoisotopic (exact) mass is 201 g/mol. The molecule has 0 heterocycles. The zero-order chi connectivity index (χ0) is 10.7. The van der Waals surface area contributed by atoms with Gasteiger partial charge < -0.3 is 9.90 Å². The van der Waals surface area contributed by atoms with Crippen LogP contribution >= 0.6 is 0 Å². The van der Waals surface area contributed by atoms with Crippen LogP contribution < -0.4 is 5.11 Å². The molecule has 0 aromatic rings. The van der Waals surface area contributed by atoms with Gasteiger partial charge in [-0.15, -0.1) is 0 Å². The summed E-state index contributed by atoms with van der Waals surface area (Å²) in [6, 6.07) is 0. The van der Waals surface area contributed by atoms with E-state index in [1.54, 1.807) is 0 Å². The van der Waals surface area contributed by atoms with Crippen molar-refractivity contribution < 1.29 is 18.5 Å². The van der Waals surface area contributed by atoms with E-state index in [1.807, 2.05) is 13.8 Å². The number of hydrogen-bond acceptors (Lipinski definition) is 4. The fourth-order valence-electron chi connectivity index (χ4n) is 0.528. The van der Waals surface area contributed by atoms with Gasteiger partial charge in [0.15, 0.2) is 0 Å². The molecule has 0 N–H and O–H groups in total. The van der Waals surface area contributed by atoms with E-state index >= 15 is 0 Å². The molecule has 0 aromatic heterocycles. The van der Waals surface area contributed by atoms with Crippen molar-refractivity contribution in [2.24, 2.45) is 0 Å². The second-order valence-electron chi connectivity index (χ2n) is 2.29. The first-order chi connectivity index (χ1) is 6.08. The molecule has 0 spiro atoms. The van der Waals surface area contributed by atoms with Gasteiger partial charge in [0.1, 0.15) is 5.78 Å². The molecule has 5 heteroatoms. The standard InChI is InChI=1S/C6H10O3.C2H5O.Al/c1-2-3-5(7)4-6(8)9;1-2-3;/h2-4H2,1H3,(H,8,9);2H2,1H3;/q;-1;+2/p-1. The first-order valence-electron chi connectivity index (χ1n) is 4.11. The van der Waals surface area contributed by atoms with Crippen LogP contribution in [-0.2, 0) is 13.4 Å². The van der Waals surface area contributed by atoms with Crippen molar-refractivity contribution in [1.29, 1.82) is 0 Å². The Balaban J connectivity index is 0. The summed E-state index contributed by atoms with van der Waals surface area (Å²) in [6.07, 6.45) is 0.605. The molecule has 4 nitrogen and oxygen atoms in total. The van der Waals surface area contributed by atoms with Crippen LogP contribution in [0.15, 0.2) is 0 Å². The molecular weight excluding hydrogens is 187 g/mol. The normalized spacial score (nSPS) is 8.38. The SMILES string of the molecule is CCCC(=O)CC(=O)[O-].CC[O][Al+]. The van der Waals surface area contributed by atoms with Gasteiger partial charge in [-0.2, -0.15) is 0 Å². The molecule has 0 unspecified atom stereocenters. The van der Waals surface area contributed by atoms with E-state index in [2.05, 4.69) is 20.4 Å². The molecule has 0 aromatic carbocycles. The summed E-state index contributed by atoms with van der Waals surface area (Å²) in [5, 5.41) is 9.75. The maximum absolute atomic E-state index is 10.4. The fourth-order valence-corrected chi connectivity index (χ4v) is 0.528. The van der Waals surface area contributed by atoms with Crippen molar-refractivity contribution in [3.05, 3.63) is 0 Å². The summed E-state index contributed by atoms with van der Waals surface area (Å²) in [7, 11) is 0. The number of ketones is 1. The molecule has 0 saturated carbocycles. The second kappa shape index (κ2) is 11.6. The number of aliphatic carboxylic acids is 1. The van der Waals surface area contributed by atoms with Crippen LogP contribution in [0.1, 0.15) is 33.1 Å². The predicted octanol–water partition coefficient (Wildman–Crippen LogP) is -0.398. The number of Topliss-reactive ketones (excluding diaryl/α,β-unsaturated/α-hetero) is 1. The third-order valence-corrected chi connectivity index (χ3v) is 1.37. The van der Waals surface area contributed by atoms with Gasteiger partial charge in [-0.1, -0.05) is 6.92 Å². The van der Waals surface area contributed by atoms with E-state index in [4.69, 9.17) is 0 Å². The van der Waals surface area contributed by atoms with Gasteiger partial charge in [0.2, 0.25) is 0 Å². The van der Waals surface area contributed by atoms with Crippen LogP contribution in [0.3, 0.4) is 0 Å². The topological polar surface area (TPSA) is 66.4 Å². The molecule has 73 valence electrons. The van der Waals surface area contributed by atoms with E-state index < -0.39 is 12.4 Å². The van der Waals surface area contributed by atoms with Crippen molar-refractivity contribution in [3.8, 4) is 0 Å². The van der Waals surface area contributed by atoms with Crippen LogP contribution in [0.2, 0.25) is 0 Å². The summed E-state index contributed by atoms with van der Waals surface area (Å²) in [5.41, 5.74) is 0.